The lowest BCUT2D eigenvalue weighted by molar-refractivity contribution is 0.337. The monoisotopic (exact) mass is 311 g/mol. The van der Waals surface area contributed by atoms with Crippen LogP contribution in [0, 0.1) is 11.7 Å². The summed E-state index contributed by atoms with van der Waals surface area (Å²) in [5, 5.41) is 0. The van der Waals surface area contributed by atoms with Crippen LogP contribution in [-0.4, -0.2) is 11.6 Å². The fourth-order valence-corrected chi connectivity index (χ4v) is 2.76. The summed E-state index contributed by atoms with van der Waals surface area (Å²) in [6, 6.07) is 8.52. The molecule has 1 saturated carbocycles. The summed E-state index contributed by atoms with van der Waals surface area (Å²) >= 11 is 0. The topological polar surface area (TPSA) is 22.1 Å². The van der Waals surface area contributed by atoms with E-state index in [9.17, 15) is 4.39 Å². The van der Waals surface area contributed by atoms with Crippen molar-refractivity contribution in [2.24, 2.45) is 5.92 Å². The van der Waals surface area contributed by atoms with Gasteiger partial charge in [-0.25, -0.2) is 9.37 Å². The minimum absolute atomic E-state index is 0.249. The second kappa shape index (κ2) is 6.53. The average Bonchev–Trinajstić information content (AvgIpc) is 3.40. The third kappa shape index (κ3) is 3.29. The predicted octanol–water partition coefficient (Wildman–Crippen LogP) is 5.27. The number of nitrogens with zero attached hydrogens (tertiary/aromatic N) is 1. The number of pyridine rings is 1. The Morgan fingerprint density at radius 3 is 2.52 bits per heavy atom. The van der Waals surface area contributed by atoms with Crippen molar-refractivity contribution in [2.75, 3.05) is 6.61 Å². The van der Waals surface area contributed by atoms with Crippen molar-refractivity contribution in [3.63, 3.8) is 0 Å². The second-order valence-corrected chi connectivity index (χ2v) is 5.94. The van der Waals surface area contributed by atoms with Gasteiger partial charge in [0.15, 0.2) is 0 Å². The smallest absolute Gasteiger partial charge is 0.148 e. The van der Waals surface area contributed by atoms with Gasteiger partial charge in [0, 0.05) is 5.56 Å². The van der Waals surface area contributed by atoms with Crippen LogP contribution in [0.5, 0.6) is 5.75 Å². The number of halogens is 1. The summed E-state index contributed by atoms with van der Waals surface area (Å²) in [5.41, 5.74) is 4.81. The molecular formula is C20H22FNO. The van der Waals surface area contributed by atoms with Crippen molar-refractivity contribution >= 4 is 5.57 Å². The fraction of sp³-hybridized carbons (Fsp3) is 0.350. The zero-order chi connectivity index (χ0) is 16.4. The van der Waals surface area contributed by atoms with Crippen molar-refractivity contribution in [3.05, 3.63) is 54.0 Å². The Balaban J connectivity index is 2.14. The molecule has 1 aromatic heterocycles. The number of benzene rings is 1. The van der Waals surface area contributed by atoms with Crippen LogP contribution >= 0.6 is 0 Å². The molecule has 120 valence electrons. The first-order valence-electron chi connectivity index (χ1n) is 8.25. The maximum atomic E-state index is 13.3. The highest BCUT2D eigenvalue weighted by atomic mass is 19.1. The van der Waals surface area contributed by atoms with Gasteiger partial charge in [0.25, 0.3) is 0 Å². The molecule has 1 heterocycles. The molecule has 0 amide bonds. The van der Waals surface area contributed by atoms with Crippen LogP contribution in [-0.2, 0) is 6.42 Å². The molecule has 2 nitrogen and oxygen atoms in total. The van der Waals surface area contributed by atoms with E-state index in [4.69, 9.17) is 9.72 Å². The van der Waals surface area contributed by atoms with Gasteiger partial charge in [-0.2, -0.15) is 0 Å². The van der Waals surface area contributed by atoms with E-state index in [2.05, 4.69) is 19.6 Å². The van der Waals surface area contributed by atoms with Gasteiger partial charge in [0.05, 0.1) is 12.3 Å². The minimum atomic E-state index is -0.249. The lowest BCUT2D eigenvalue weighted by Gasteiger charge is -2.17. The van der Waals surface area contributed by atoms with Crippen molar-refractivity contribution in [2.45, 2.75) is 33.1 Å². The summed E-state index contributed by atoms with van der Waals surface area (Å²) in [6.07, 6.45) is 3.25. The number of hydrogen-bond acceptors (Lipinski definition) is 2. The maximum absolute atomic E-state index is 13.3. The molecule has 0 spiro atoms. The largest absolute Gasteiger partial charge is 0.491 e. The van der Waals surface area contributed by atoms with Crippen LogP contribution in [0.1, 0.15) is 37.9 Å². The molecule has 0 saturated heterocycles. The van der Waals surface area contributed by atoms with Crippen LogP contribution in [0.25, 0.3) is 16.8 Å². The van der Waals surface area contributed by atoms with E-state index in [0.717, 1.165) is 40.3 Å². The Labute approximate surface area is 137 Å². The van der Waals surface area contributed by atoms with Gasteiger partial charge in [-0.1, -0.05) is 13.5 Å². The maximum Gasteiger partial charge on any atom is 0.148 e. The van der Waals surface area contributed by atoms with Gasteiger partial charge in [-0.05, 0) is 73.6 Å². The second-order valence-electron chi connectivity index (χ2n) is 5.94. The zero-order valence-electron chi connectivity index (χ0n) is 13.7. The van der Waals surface area contributed by atoms with Gasteiger partial charge in [-0.3, -0.25) is 0 Å². The molecule has 3 rings (SSSR count). The van der Waals surface area contributed by atoms with Crippen molar-refractivity contribution in [1.29, 1.82) is 0 Å². The number of allylic oxidation sites excluding steroid dienone is 1. The number of aryl methyl sites for hydroxylation is 1. The molecule has 0 bridgehead atoms. The number of hydrogen-bond donors (Lipinski definition) is 0. The third-order valence-corrected chi connectivity index (χ3v) is 4.24. The molecule has 1 fully saturated rings. The summed E-state index contributed by atoms with van der Waals surface area (Å²) in [6.45, 7) is 8.87. The molecule has 0 atom stereocenters. The lowest BCUT2D eigenvalue weighted by Crippen LogP contribution is -2.04. The standard InChI is InChI=1S/C20H22FNO/c1-4-14-12-18(13(3)15-6-7-15)22-19(20(14)23-5-2)16-8-10-17(21)11-9-16/h8-12,15H,3-7H2,1-2H3. The molecule has 23 heavy (non-hydrogen) atoms. The Hall–Kier alpha value is -2.16. The minimum Gasteiger partial charge on any atom is -0.491 e. The lowest BCUT2D eigenvalue weighted by atomic mass is 10.0. The first-order chi connectivity index (χ1) is 11.1. The van der Waals surface area contributed by atoms with E-state index < -0.39 is 0 Å². The van der Waals surface area contributed by atoms with Gasteiger partial charge in [0.1, 0.15) is 17.3 Å². The summed E-state index contributed by atoms with van der Waals surface area (Å²) in [4.78, 5) is 4.81. The predicted molar refractivity (Wildman–Crippen MR) is 91.9 cm³/mol. The zero-order valence-corrected chi connectivity index (χ0v) is 13.7. The van der Waals surface area contributed by atoms with Crippen molar-refractivity contribution in [3.8, 4) is 17.0 Å². The van der Waals surface area contributed by atoms with Crippen molar-refractivity contribution in [1.82, 2.24) is 4.98 Å². The highest BCUT2D eigenvalue weighted by molar-refractivity contribution is 5.73. The normalized spacial score (nSPS) is 13.9. The van der Waals surface area contributed by atoms with E-state index >= 15 is 0 Å². The molecule has 0 N–H and O–H groups in total. The molecule has 0 aliphatic heterocycles. The van der Waals surface area contributed by atoms with E-state index in [-0.39, 0.29) is 5.82 Å². The summed E-state index contributed by atoms with van der Waals surface area (Å²) < 4.78 is 19.1. The van der Waals surface area contributed by atoms with Gasteiger partial charge in [-0.15, -0.1) is 0 Å². The molecule has 2 aromatic rings. The Morgan fingerprint density at radius 1 is 1.26 bits per heavy atom. The third-order valence-electron chi connectivity index (χ3n) is 4.24. The average molecular weight is 311 g/mol. The van der Waals surface area contributed by atoms with E-state index in [1.165, 1.54) is 25.0 Å². The first-order valence-corrected chi connectivity index (χ1v) is 8.25. The molecule has 0 unspecified atom stereocenters. The van der Waals surface area contributed by atoms with Crippen molar-refractivity contribution < 1.29 is 9.13 Å². The van der Waals surface area contributed by atoms with Crippen LogP contribution in [0.2, 0.25) is 0 Å². The van der Waals surface area contributed by atoms with Crippen LogP contribution in [0.4, 0.5) is 4.39 Å². The molecule has 1 aliphatic rings. The SMILES string of the molecule is C=C(c1cc(CC)c(OCC)c(-c2ccc(F)cc2)n1)C1CC1. The van der Waals surface area contributed by atoms with Gasteiger partial charge >= 0.3 is 0 Å². The summed E-state index contributed by atoms with van der Waals surface area (Å²) in [7, 11) is 0. The molecule has 0 radical (unpaired) electrons. The van der Waals surface area contributed by atoms with Gasteiger partial charge < -0.3 is 4.74 Å². The Kier molecular flexibility index (Phi) is 4.46. The van der Waals surface area contributed by atoms with E-state index in [1.807, 2.05) is 6.92 Å². The number of aromatic nitrogens is 1. The van der Waals surface area contributed by atoms with Crippen LogP contribution < -0.4 is 4.74 Å². The highest BCUT2D eigenvalue weighted by Gasteiger charge is 2.27. The highest BCUT2D eigenvalue weighted by Crippen LogP contribution is 2.42. The summed E-state index contributed by atoms with van der Waals surface area (Å²) in [5.74, 6) is 1.11. The number of rotatable bonds is 6. The Bertz CT molecular complexity index is 717. The van der Waals surface area contributed by atoms with Gasteiger partial charge in [0.2, 0.25) is 0 Å². The fourth-order valence-electron chi connectivity index (χ4n) is 2.76. The molecule has 3 heteroatoms. The number of ether oxygens (including phenoxy) is 1. The van der Waals surface area contributed by atoms with E-state index in [1.54, 1.807) is 12.1 Å². The van der Waals surface area contributed by atoms with E-state index in [0.29, 0.717) is 12.5 Å². The quantitative estimate of drug-likeness (QED) is 0.725. The van der Waals surface area contributed by atoms with Crippen LogP contribution in [0.3, 0.4) is 0 Å². The first kappa shape index (κ1) is 15.7. The molecular weight excluding hydrogens is 289 g/mol. The molecule has 1 aromatic carbocycles. The molecule has 1 aliphatic carbocycles. The Morgan fingerprint density at radius 2 is 1.96 bits per heavy atom. The van der Waals surface area contributed by atoms with Crippen LogP contribution in [0.15, 0.2) is 36.9 Å².